The number of aliphatic hydroxyl groups is 1. The Balaban J connectivity index is 2.24. The second kappa shape index (κ2) is 4.66. The molecule has 1 aromatic carbocycles. The summed E-state index contributed by atoms with van der Waals surface area (Å²) in [5.41, 5.74) is 3.36. The maximum Gasteiger partial charge on any atom is 0.104 e. The molecule has 3 nitrogen and oxygen atoms in total. The molecule has 0 amide bonds. The average molecular weight is 218 g/mol. The van der Waals surface area contributed by atoms with Gasteiger partial charge in [0.05, 0.1) is 11.0 Å². The molecule has 2 aromatic rings. The zero-order chi connectivity index (χ0) is 11.5. The van der Waals surface area contributed by atoms with Crippen LogP contribution in [0.15, 0.2) is 18.2 Å². The van der Waals surface area contributed by atoms with Crippen LogP contribution in [0.1, 0.15) is 24.7 Å². The van der Waals surface area contributed by atoms with Crippen LogP contribution in [-0.2, 0) is 6.42 Å². The van der Waals surface area contributed by atoms with Gasteiger partial charge in [0, 0.05) is 6.61 Å². The second-order valence-corrected chi connectivity index (χ2v) is 4.33. The summed E-state index contributed by atoms with van der Waals surface area (Å²) in [6, 6.07) is 6.27. The van der Waals surface area contributed by atoms with E-state index in [-0.39, 0.29) is 6.61 Å². The first-order valence-electron chi connectivity index (χ1n) is 5.79. The zero-order valence-electron chi connectivity index (χ0n) is 9.83. The van der Waals surface area contributed by atoms with Crippen molar-refractivity contribution >= 4 is 11.0 Å². The van der Waals surface area contributed by atoms with Gasteiger partial charge in [-0.15, -0.1) is 0 Å². The van der Waals surface area contributed by atoms with E-state index in [0.717, 1.165) is 29.7 Å². The van der Waals surface area contributed by atoms with Gasteiger partial charge < -0.3 is 10.1 Å². The lowest BCUT2D eigenvalue weighted by Gasteiger charge is -2.10. The van der Waals surface area contributed by atoms with Crippen molar-refractivity contribution in [3.63, 3.8) is 0 Å². The number of H-pyrrole nitrogens is 1. The minimum Gasteiger partial charge on any atom is -0.396 e. The highest BCUT2D eigenvalue weighted by Gasteiger charge is 2.07. The van der Waals surface area contributed by atoms with Crippen LogP contribution in [0, 0.1) is 12.8 Å². The van der Waals surface area contributed by atoms with Gasteiger partial charge in [0.1, 0.15) is 5.82 Å². The highest BCUT2D eigenvalue weighted by Crippen LogP contribution is 2.17. The molecule has 0 spiro atoms. The predicted molar refractivity (Wildman–Crippen MR) is 65.4 cm³/mol. The summed E-state index contributed by atoms with van der Waals surface area (Å²) in [6.07, 6.45) is 1.94. The summed E-state index contributed by atoms with van der Waals surface area (Å²) in [7, 11) is 0. The molecular weight excluding hydrogens is 200 g/mol. The minimum atomic E-state index is 0.260. The van der Waals surface area contributed by atoms with E-state index in [2.05, 4.69) is 29.0 Å². The van der Waals surface area contributed by atoms with Crippen molar-refractivity contribution in [1.29, 1.82) is 0 Å². The smallest absolute Gasteiger partial charge is 0.104 e. The Kier molecular flexibility index (Phi) is 3.25. The van der Waals surface area contributed by atoms with Crippen LogP contribution in [0.25, 0.3) is 11.0 Å². The van der Waals surface area contributed by atoms with Gasteiger partial charge in [-0.3, -0.25) is 0 Å². The van der Waals surface area contributed by atoms with Crippen molar-refractivity contribution in [3.05, 3.63) is 29.6 Å². The van der Waals surface area contributed by atoms with Gasteiger partial charge >= 0.3 is 0 Å². The molecule has 1 unspecified atom stereocenters. The molecule has 1 atom stereocenters. The van der Waals surface area contributed by atoms with Crippen LogP contribution in [-0.4, -0.2) is 21.7 Å². The lowest BCUT2D eigenvalue weighted by atomic mass is 9.97. The Morgan fingerprint density at radius 1 is 1.44 bits per heavy atom. The monoisotopic (exact) mass is 218 g/mol. The predicted octanol–water partition coefficient (Wildman–Crippen LogP) is 2.43. The number of benzene rings is 1. The zero-order valence-corrected chi connectivity index (χ0v) is 9.83. The highest BCUT2D eigenvalue weighted by molar-refractivity contribution is 5.75. The lowest BCUT2D eigenvalue weighted by Crippen LogP contribution is -2.07. The number of aromatic amines is 1. The van der Waals surface area contributed by atoms with Crippen LogP contribution < -0.4 is 0 Å². The first-order valence-corrected chi connectivity index (χ1v) is 5.79. The van der Waals surface area contributed by atoms with E-state index in [9.17, 15) is 5.11 Å². The van der Waals surface area contributed by atoms with Gasteiger partial charge in [-0.25, -0.2) is 4.98 Å². The number of hydrogen-bond donors (Lipinski definition) is 2. The van der Waals surface area contributed by atoms with Gasteiger partial charge in [-0.05, 0) is 37.0 Å². The van der Waals surface area contributed by atoms with Crippen molar-refractivity contribution in [1.82, 2.24) is 9.97 Å². The maximum atomic E-state index is 9.18. The molecule has 2 N–H and O–H groups in total. The molecule has 0 saturated heterocycles. The molecule has 0 bridgehead atoms. The van der Waals surface area contributed by atoms with Crippen LogP contribution >= 0.6 is 0 Å². The van der Waals surface area contributed by atoms with Crippen molar-refractivity contribution in [2.45, 2.75) is 26.7 Å². The van der Waals surface area contributed by atoms with Gasteiger partial charge in [-0.2, -0.15) is 0 Å². The van der Waals surface area contributed by atoms with Crippen molar-refractivity contribution in [3.8, 4) is 0 Å². The number of nitrogens with zero attached hydrogens (tertiary/aromatic N) is 1. The normalized spacial score (nSPS) is 13.2. The number of fused-ring (bicyclic) bond motifs is 1. The molecule has 0 radical (unpaired) electrons. The number of hydrogen-bond acceptors (Lipinski definition) is 2. The van der Waals surface area contributed by atoms with E-state index in [4.69, 9.17) is 0 Å². The third kappa shape index (κ3) is 2.25. The molecule has 0 fully saturated rings. The van der Waals surface area contributed by atoms with E-state index >= 15 is 0 Å². The molecule has 1 aromatic heterocycles. The fourth-order valence-corrected chi connectivity index (χ4v) is 1.98. The molecule has 0 saturated carbocycles. The molecule has 3 heteroatoms. The highest BCUT2D eigenvalue weighted by atomic mass is 16.3. The maximum absolute atomic E-state index is 9.18. The van der Waals surface area contributed by atoms with Crippen LogP contribution in [0.2, 0.25) is 0 Å². The lowest BCUT2D eigenvalue weighted by molar-refractivity contribution is 0.222. The van der Waals surface area contributed by atoms with E-state index in [1.54, 1.807) is 0 Å². The number of imidazole rings is 1. The van der Waals surface area contributed by atoms with E-state index in [0.29, 0.717) is 5.92 Å². The average Bonchev–Trinajstić information content (AvgIpc) is 2.65. The third-order valence-electron chi connectivity index (χ3n) is 3.02. The molecule has 2 rings (SSSR count). The number of aromatic nitrogens is 2. The van der Waals surface area contributed by atoms with Crippen LogP contribution in [0.5, 0.6) is 0 Å². The largest absolute Gasteiger partial charge is 0.396 e. The number of nitrogens with one attached hydrogen (secondary N) is 1. The van der Waals surface area contributed by atoms with Gasteiger partial charge in [0.25, 0.3) is 0 Å². The van der Waals surface area contributed by atoms with E-state index < -0.39 is 0 Å². The standard InChI is InChI=1S/C13H18N2O/c1-3-10(8-16)6-11-4-5-12-13(7-11)15-9(2)14-12/h4-5,7,10,16H,3,6,8H2,1-2H3,(H,14,15). The summed E-state index contributed by atoms with van der Waals surface area (Å²) >= 11 is 0. The van der Waals surface area contributed by atoms with Gasteiger partial charge in [0.2, 0.25) is 0 Å². The van der Waals surface area contributed by atoms with Crippen LogP contribution in [0.4, 0.5) is 0 Å². The van der Waals surface area contributed by atoms with Crippen LogP contribution in [0.3, 0.4) is 0 Å². The van der Waals surface area contributed by atoms with Gasteiger partial charge in [0.15, 0.2) is 0 Å². The number of aliphatic hydroxyl groups excluding tert-OH is 1. The Bertz CT molecular complexity index is 472. The first kappa shape index (κ1) is 11.1. The fraction of sp³-hybridized carbons (Fsp3) is 0.462. The Morgan fingerprint density at radius 3 is 2.94 bits per heavy atom. The van der Waals surface area contributed by atoms with Gasteiger partial charge in [-0.1, -0.05) is 19.4 Å². The summed E-state index contributed by atoms with van der Waals surface area (Å²) in [5.74, 6) is 1.31. The quantitative estimate of drug-likeness (QED) is 0.828. The third-order valence-corrected chi connectivity index (χ3v) is 3.02. The Labute approximate surface area is 95.5 Å². The summed E-state index contributed by atoms with van der Waals surface area (Å²) in [5, 5.41) is 9.18. The Hall–Kier alpha value is -1.35. The number of rotatable bonds is 4. The summed E-state index contributed by atoms with van der Waals surface area (Å²) in [4.78, 5) is 7.60. The molecule has 86 valence electrons. The fourth-order valence-electron chi connectivity index (χ4n) is 1.98. The molecule has 0 aliphatic carbocycles. The molecule has 16 heavy (non-hydrogen) atoms. The summed E-state index contributed by atoms with van der Waals surface area (Å²) in [6.45, 7) is 4.33. The molecule has 0 aliphatic heterocycles. The summed E-state index contributed by atoms with van der Waals surface area (Å²) < 4.78 is 0. The van der Waals surface area contributed by atoms with E-state index in [1.165, 1.54) is 5.56 Å². The second-order valence-electron chi connectivity index (χ2n) is 4.33. The van der Waals surface area contributed by atoms with Crippen molar-refractivity contribution < 1.29 is 5.11 Å². The first-order chi connectivity index (χ1) is 7.72. The topological polar surface area (TPSA) is 48.9 Å². The number of aryl methyl sites for hydroxylation is 1. The Morgan fingerprint density at radius 2 is 2.25 bits per heavy atom. The van der Waals surface area contributed by atoms with Crippen molar-refractivity contribution in [2.75, 3.05) is 6.61 Å². The van der Waals surface area contributed by atoms with E-state index in [1.807, 2.05) is 13.0 Å². The SMILES string of the molecule is CCC(CO)Cc1ccc2nc(C)[nH]c2c1. The molecular formula is C13H18N2O. The molecule has 1 heterocycles. The molecule has 0 aliphatic rings. The minimum absolute atomic E-state index is 0.260. The van der Waals surface area contributed by atoms with Crippen molar-refractivity contribution in [2.24, 2.45) is 5.92 Å².